The molecule has 5 rings (SSSR count). The summed E-state index contributed by atoms with van der Waals surface area (Å²) in [6.45, 7) is 4.21. The first-order chi connectivity index (χ1) is 16.6. The van der Waals surface area contributed by atoms with Crippen molar-refractivity contribution in [1.82, 2.24) is 26.1 Å². The predicted octanol–water partition coefficient (Wildman–Crippen LogP) is 3.59. The molecule has 8 nitrogen and oxygen atoms in total. The SMILES string of the molecule is Cc1c[nH]c(C(=O)NCc2cccc(C(NC(=O)c3cc(C4CC4)on3)C3CCNCC3)c2)c1. The summed E-state index contributed by atoms with van der Waals surface area (Å²) in [5.41, 5.74) is 3.93. The molecule has 1 saturated carbocycles. The van der Waals surface area contributed by atoms with Crippen LogP contribution in [-0.2, 0) is 6.54 Å². The molecule has 0 spiro atoms. The van der Waals surface area contributed by atoms with Crippen molar-refractivity contribution in [3.63, 3.8) is 0 Å². The van der Waals surface area contributed by atoms with Crippen LogP contribution in [0.3, 0.4) is 0 Å². The van der Waals surface area contributed by atoms with Crippen molar-refractivity contribution in [2.75, 3.05) is 13.1 Å². The van der Waals surface area contributed by atoms with Crippen LogP contribution in [0.15, 0.2) is 47.1 Å². The lowest BCUT2D eigenvalue weighted by molar-refractivity contribution is 0.0903. The van der Waals surface area contributed by atoms with Crippen LogP contribution in [-0.4, -0.2) is 35.0 Å². The lowest BCUT2D eigenvalue weighted by Gasteiger charge is -2.31. The van der Waals surface area contributed by atoms with E-state index in [9.17, 15) is 9.59 Å². The summed E-state index contributed by atoms with van der Waals surface area (Å²) >= 11 is 0. The summed E-state index contributed by atoms with van der Waals surface area (Å²) < 4.78 is 5.39. The van der Waals surface area contributed by atoms with Gasteiger partial charge in [-0.2, -0.15) is 0 Å². The van der Waals surface area contributed by atoms with Gasteiger partial charge in [0.15, 0.2) is 5.69 Å². The molecular formula is C26H31N5O3. The average molecular weight is 462 g/mol. The quantitative estimate of drug-likeness (QED) is 0.410. The number of nitrogens with one attached hydrogen (secondary N) is 4. The molecule has 2 aliphatic rings. The molecule has 1 saturated heterocycles. The van der Waals surface area contributed by atoms with Gasteiger partial charge in [-0.1, -0.05) is 29.4 Å². The van der Waals surface area contributed by atoms with Crippen LogP contribution in [0.4, 0.5) is 0 Å². The van der Waals surface area contributed by atoms with Gasteiger partial charge in [0.05, 0.1) is 6.04 Å². The summed E-state index contributed by atoms with van der Waals surface area (Å²) in [7, 11) is 0. The van der Waals surface area contributed by atoms with E-state index >= 15 is 0 Å². The highest BCUT2D eigenvalue weighted by atomic mass is 16.5. The summed E-state index contributed by atoms with van der Waals surface area (Å²) in [5.74, 6) is 1.18. The molecule has 1 atom stereocenters. The maximum Gasteiger partial charge on any atom is 0.273 e. The predicted molar refractivity (Wildman–Crippen MR) is 127 cm³/mol. The van der Waals surface area contributed by atoms with Crippen molar-refractivity contribution in [3.8, 4) is 0 Å². The zero-order valence-corrected chi connectivity index (χ0v) is 19.4. The minimum atomic E-state index is -0.208. The van der Waals surface area contributed by atoms with Crippen LogP contribution >= 0.6 is 0 Å². The Balaban J connectivity index is 1.31. The lowest BCUT2D eigenvalue weighted by atomic mass is 9.85. The van der Waals surface area contributed by atoms with E-state index in [1.807, 2.05) is 37.4 Å². The zero-order chi connectivity index (χ0) is 23.5. The highest BCUT2D eigenvalue weighted by Gasteiger charge is 2.31. The monoisotopic (exact) mass is 461 g/mol. The molecule has 1 unspecified atom stereocenters. The fourth-order valence-corrected chi connectivity index (χ4v) is 4.63. The second-order valence-electron chi connectivity index (χ2n) is 9.45. The molecule has 4 N–H and O–H groups in total. The van der Waals surface area contributed by atoms with Crippen LogP contribution in [0.1, 0.15) is 81.1 Å². The number of aromatic nitrogens is 2. The number of rotatable bonds is 8. The van der Waals surface area contributed by atoms with Crippen LogP contribution in [0.2, 0.25) is 0 Å². The van der Waals surface area contributed by atoms with Gasteiger partial charge in [0.1, 0.15) is 11.5 Å². The van der Waals surface area contributed by atoms with Gasteiger partial charge in [-0.15, -0.1) is 0 Å². The number of carbonyl (C=O) groups is 2. The van der Waals surface area contributed by atoms with E-state index < -0.39 is 0 Å². The average Bonchev–Trinajstić information content (AvgIpc) is 3.42. The fraction of sp³-hybridized carbons (Fsp3) is 0.423. The van der Waals surface area contributed by atoms with Gasteiger partial charge < -0.3 is 25.5 Å². The van der Waals surface area contributed by atoms with Gasteiger partial charge in [-0.25, -0.2) is 0 Å². The normalized spacial score (nSPS) is 17.3. The van der Waals surface area contributed by atoms with E-state index in [1.54, 1.807) is 6.07 Å². The third-order valence-corrected chi connectivity index (χ3v) is 6.72. The van der Waals surface area contributed by atoms with E-state index in [4.69, 9.17) is 4.52 Å². The number of H-pyrrole nitrogens is 1. The number of nitrogens with zero attached hydrogens (tertiary/aromatic N) is 1. The number of aromatic amines is 1. The molecule has 34 heavy (non-hydrogen) atoms. The van der Waals surface area contributed by atoms with Gasteiger partial charge in [-0.05, 0) is 74.4 Å². The molecule has 2 fully saturated rings. The van der Waals surface area contributed by atoms with Crippen molar-refractivity contribution >= 4 is 11.8 Å². The molecule has 1 aromatic carbocycles. The van der Waals surface area contributed by atoms with Crippen LogP contribution in [0.5, 0.6) is 0 Å². The Bertz CT molecular complexity index is 1160. The highest BCUT2D eigenvalue weighted by molar-refractivity contribution is 5.93. The number of hydrogen-bond donors (Lipinski definition) is 4. The lowest BCUT2D eigenvalue weighted by Crippen LogP contribution is -2.39. The molecule has 2 amide bonds. The molecule has 8 heteroatoms. The zero-order valence-electron chi connectivity index (χ0n) is 19.4. The number of benzene rings is 1. The smallest absolute Gasteiger partial charge is 0.273 e. The number of aryl methyl sites for hydroxylation is 1. The van der Waals surface area contributed by atoms with Gasteiger partial charge in [0.25, 0.3) is 11.8 Å². The maximum absolute atomic E-state index is 13.1. The van der Waals surface area contributed by atoms with E-state index in [-0.39, 0.29) is 17.9 Å². The minimum absolute atomic E-state index is 0.140. The molecule has 3 aromatic rings. The van der Waals surface area contributed by atoms with Crippen LogP contribution in [0.25, 0.3) is 0 Å². The maximum atomic E-state index is 13.1. The first-order valence-electron chi connectivity index (χ1n) is 12.1. The van der Waals surface area contributed by atoms with E-state index in [0.29, 0.717) is 29.8 Å². The van der Waals surface area contributed by atoms with E-state index in [1.165, 1.54) is 0 Å². The Morgan fingerprint density at radius 1 is 1.12 bits per heavy atom. The van der Waals surface area contributed by atoms with Crippen molar-refractivity contribution < 1.29 is 14.1 Å². The summed E-state index contributed by atoms with van der Waals surface area (Å²) in [6.07, 6.45) is 5.96. The molecule has 2 aromatic heterocycles. The Morgan fingerprint density at radius 3 is 2.68 bits per heavy atom. The van der Waals surface area contributed by atoms with Crippen molar-refractivity contribution in [2.24, 2.45) is 5.92 Å². The molecule has 0 bridgehead atoms. The van der Waals surface area contributed by atoms with Gasteiger partial charge in [0, 0.05) is 24.7 Å². The Kier molecular flexibility index (Phi) is 6.49. The first kappa shape index (κ1) is 22.4. The van der Waals surface area contributed by atoms with Crippen molar-refractivity contribution in [3.05, 3.63) is 76.4 Å². The second kappa shape index (κ2) is 9.85. The molecule has 3 heterocycles. The molecule has 1 aliphatic heterocycles. The van der Waals surface area contributed by atoms with Crippen LogP contribution in [0, 0.1) is 12.8 Å². The number of carbonyl (C=O) groups excluding carboxylic acids is 2. The standard InChI is InChI=1S/C26H31N5O3/c1-16-11-21(28-14-16)25(32)29-15-17-3-2-4-20(12-17)24(19-7-9-27-10-8-19)30-26(33)22-13-23(34-31-22)18-5-6-18/h2-4,11-14,18-19,24,27-28H,5-10,15H2,1H3,(H,29,32)(H,30,33). The Labute approximate surface area is 198 Å². The Hall–Kier alpha value is -3.39. The summed E-state index contributed by atoms with van der Waals surface area (Å²) in [5, 5.41) is 13.6. The first-order valence-corrected chi connectivity index (χ1v) is 12.1. The Morgan fingerprint density at radius 2 is 1.94 bits per heavy atom. The fourth-order valence-electron chi connectivity index (χ4n) is 4.63. The topological polar surface area (TPSA) is 112 Å². The third-order valence-electron chi connectivity index (χ3n) is 6.72. The number of amides is 2. The van der Waals surface area contributed by atoms with E-state index in [2.05, 4.69) is 32.2 Å². The highest BCUT2D eigenvalue weighted by Crippen LogP contribution is 2.40. The second-order valence-corrected chi connectivity index (χ2v) is 9.45. The van der Waals surface area contributed by atoms with E-state index in [0.717, 1.165) is 61.2 Å². The molecule has 1 aliphatic carbocycles. The largest absolute Gasteiger partial charge is 0.360 e. The number of piperidine rings is 1. The van der Waals surface area contributed by atoms with Crippen molar-refractivity contribution in [1.29, 1.82) is 0 Å². The third kappa shape index (κ3) is 5.22. The molecule has 178 valence electrons. The summed E-state index contributed by atoms with van der Waals surface area (Å²) in [6, 6.07) is 11.6. The summed E-state index contributed by atoms with van der Waals surface area (Å²) in [4.78, 5) is 28.5. The van der Waals surface area contributed by atoms with Gasteiger partial charge in [-0.3, -0.25) is 9.59 Å². The molecular weight excluding hydrogens is 430 g/mol. The molecule has 0 radical (unpaired) electrons. The van der Waals surface area contributed by atoms with Gasteiger partial charge in [0.2, 0.25) is 0 Å². The van der Waals surface area contributed by atoms with Crippen LogP contribution < -0.4 is 16.0 Å². The number of hydrogen-bond acceptors (Lipinski definition) is 5. The van der Waals surface area contributed by atoms with Gasteiger partial charge >= 0.3 is 0 Å². The van der Waals surface area contributed by atoms with Crippen molar-refractivity contribution in [2.45, 2.75) is 51.1 Å². The minimum Gasteiger partial charge on any atom is -0.360 e.